The Bertz CT molecular complexity index is 414. The van der Waals surface area contributed by atoms with Gasteiger partial charge in [0, 0.05) is 25.2 Å². The fraction of sp³-hybridized carbons (Fsp3) is 0.643. The van der Waals surface area contributed by atoms with E-state index in [4.69, 9.17) is 4.74 Å². The zero-order chi connectivity index (χ0) is 13.7. The second kappa shape index (κ2) is 7.10. The summed E-state index contributed by atoms with van der Waals surface area (Å²) in [5.41, 5.74) is 1.16. The highest BCUT2D eigenvalue weighted by Crippen LogP contribution is 2.28. The van der Waals surface area contributed by atoms with E-state index < -0.39 is 0 Å². The quantitative estimate of drug-likeness (QED) is 0.863. The first-order chi connectivity index (χ1) is 9.24. The molecule has 2 heterocycles. The van der Waals surface area contributed by atoms with Crippen molar-refractivity contribution >= 4 is 21.6 Å². The van der Waals surface area contributed by atoms with E-state index in [2.05, 4.69) is 44.2 Å². The van der Waals surface area contributed by atoms with Crippen LogP contribution in [0.3, 0.4) is 0 Å². The fourth-order valence-electron chi connectivity index (χ4n) is 2.49. The van der Waals surface area contributed by atoms with E-state index in [0.717, 1.165) is 29.1 Å². The van der Waals surface area contributed by atoms with E-state index >= 15 is 0 Å². The molecule has 1 fully saturated rings. The molecule has 1 N–H and O–H groups in total. The second-order valence-electron chi connectivity index (χ2n) is 4.82. The van der Waals surface area contributed by atoms with Crippen LogP contribution in [0.1, 0.15) is 26.2 Å². The van der Waals surface area contributed by atoms with Gasteiger partial charge >= 0.3 is 0 Å². The molecular formula is C14H22BrN3O. The van der Waals surface area contributed by atoms with Crippen molar-refractivity contribution in [2.75, 3.05) is 31.6 Å². The Morgan fingerprint density at radius 2 is 2.32 bits per heavy atom. The molecule has 1 saturated heterocycles. The molecule has 19 heavy (non-hydrogen) atoms. The maximum absolute atomic E-state index is 5.59. The number of anilines is 1. The van der Waals surface area contributed by atoms with E-state index in [9.17, 15) is 0 Å². The Labute approximate surface area is 123 Å². The number of pyridine rings is 1. The Kier molecular flexibility index (Phi) is 5.45. The molecule has 1 unspecified atom stereocenters. The number of halogens is 1. The number of rotatable bonds is 4. The van der Waals surface area contributed by atoms with Gasteiger partial charge in [-0.15, -0.1) is 0 Å². The van der Waals surface area contributed by atoms with Crippen LogP contribution < -0.4 is 15.0 Å². The first-order valence-electron chi connectivity index (χ1n) is 6.95. The fourth-order valence-corrected chi connectivity index (χ4v) is 2.82. The summed E-state index contributed by atoms with van der Waals surface area (Å²) >= 11 is 3.43. The van der Waals surface area contributed by atoms with Crippen LogP contribution in [0.2, 0.25) is 0 Å². The number of nitrogens with zero attached hydrogens (tertiary/aromatic N) is 2. The molecule has 0 bridgehead atoms. The van der Waals surface area contributed by atoms with Crippen LogP contribution in [0.5, 0.6) is 5.75 Å². The van der Waals surface area contributed by atoms with Crippen LogP contribution in [-0.4, -0.2) is 37.8 Å². The summed E-state index contributed by atoms with van der Waals surface area (Å²) in [6, 6.07) is 2.72. The highest BCUT2D eigenvalue weighted by molar-refractivity contribution is 9.10. The zero-order valence-corrected chi connectivity index (χ0v) is 13.2. The smallest absolute Gasteiger partial charge is 0.154 e. The number of hydrogen-bond acceptors (Lipinski definition) is 4. The predicted molar refractivity (Wildman–Crippen MR) is 82.0 cm³/mol. The topological polar surface area (TPSA) is 37.4 Å². The van der Waals surface area contributed by atoms with Gasteiger partial charge < -0.3 is 15.0 Å². The lowest BCUT2D eigenvalue weighted by Crippen LogP contribution is -2.28. The van der Waals surface area contributed by atoms with Crippen molar-refractivity contribution < 1.29 is 4.74 Å². The average Bonchev–Trinajstić information content (AvgIpc) is 2.67. The maximum Gasteiger partial charge on any atom is 0.154 e. The maximum atomic E-state index is 5.59. The molecule has 0 saturated carbocycles. The largest absolute Gasteiger partial charge is 0.491 e. The molecule has 1 aromatic rings. The third-order valence-electron chi connectivity index (χ3n) is 3.59. The van der Waals surface area contributed by atoms with Gasteiger partial charge in [-0.1, -0.05) is 0 Å². The minimum Gasteiger partial charge on any atom is -0.491 e. The van der Waals surface area contributed by atoms with Crippen LogP contribution in [0, 0.1) is 0 Å². The van der Waals surface area contributed by atoms with Gasteiger partial charge in [-0.25, -0.2) is 4.98 Å². The highest BCUT2D eigenvalue weighted by Gasteiger charge is 2.17. The predicted octanol–water partition coefficient (Wildman–Crippen LogP) is 2.82. The number of ether oxygens (including phenoxy) is 1. The van der Waals surface area contributed by atoms with E-state index in [1.807, 2.05) is 13.1 Å². The van der Waals surface area contributed by atoms with E-state index in [-0.39, 0.29) is 0 Å². The zero-order valence-electron chi connectivity index (χ0n) is 11.7. The van der Waals surface area contributed by atoms with E-state index in [1.54, 1.807) is 0 Å². The Hall–Kier alpha value is -0.810. The Balaban J connectivity index is 2.10. The van der Waals surface area contributed by atoms with Crippen molar-refractivity contribution in [1.82, 2.24) is 10.3 Å². The van der Waals surface area contributed by atoms with Gasteiger partial charge in [0.05, 0.1) is 18.5 Å². The van der Waals surface area contributed by atoms with Gasteiger partial charge in [0.25, 0.3) is 0 Å². The normalized spacial score (nSPS) is 20.2. The summed E-state index contributed by atoms with van der Waals surface area (Å²) in [6.45, 7) is 4.81. The molecule has 1 aromatic heterocycles. The summed E-state index contributed by atoms with van der Waals surface area (Å²) in [6.07, 6.45) is 5.56. The first kappa shape index (κ1) is 14.6. The molecule has 0 aliphatic carbocycles. The standard InChI is InChI=1S/C14H22BrN3O/c1-3-19-13-9-12(10-17-14(13)15)18-7-4-5-11(16-2)6-8-18/h9-11,16H,3-8H2,1-2H3. The van der Waals surface area contributed by atoms with Crippen molar-refractivity contribution in [3.8, 4) is 5.75 Å². The molecule has 1 atom stereocenters. The van der Waals surface area contributed by atoms with Crippen LogP contribution in [0.4, 0.5) is 5.69 Å². The molecule has 0 amide bonds. The Morgan fingerprint density at radius 1 is 1.47 bits per heavy atom. The number of nitrogens with one attached hydrogen (secondary N) is 1. The Morgan fingerprint density at radius 3 is 3.05 bits per heavy atom. The molecule has 0 aromatic carbocycles. The van der Waals surface area contributed by atoms with Crippen LogP contribution >= 0.6 is 15.9 Å². The van der Waals surface area contributed by atoms with Crippen molar-refractivity contribution in [1.29, 1.82) is 0 Å². The summed E-state index contributed by atoms with van der Waals surface area (Å²) < 4.78 is 6.37. The summed E-state index contributed by atoms with van der Waals surface area (Å²) in [5, 5.41) is 3.38. The molecule has 2 rings (SSSR count). The van der Waals surface area contributed by atoms with Gasteiger partial charge in [-0.3, -0.25) is 0 Å². The summed E-state index contributed by atoms with van der Waals surface area (Å²) in [4.78, 5) is 6.78. The third kappa shape index (κ3) is 3.83. The van der Waals surface area contributed by atoms with Crippen molar-refractivity contribution in [2.45, 2.75) is 32.2 Å². The van der Waals surface area contributed by atoms with E-state index in [0.29, 0.717) is 12.6 Å². The van der Waals surface area contributed by atoms with Gasteiger partial charge in [0.15, 0.2) is 5.75 Å². The molecule has 1 aliphatic heterocycles. The molecule has 0 spiro atoms. The monoisotopic (exact) mass is 327 g/mol. The lowest BCUT2D eigenvalue weighted by Gasteiger charge is -2.23. The molecular weight excluding hydrogens is 306 g/mol. The average molecular weight is 328 g/mol. The molecule has 4 nitrogen and oxygen atoms in total. The van der Waals surface area contributed by atoms with Gasteiger partial charge in [-0.2, -0.15) is 0 Å². The minimum atomic E-state index is 0.639. The molecule has 0 radical (unpaired) electrons. The molecule has 5 heteroatoms. The number of hydrogen-bond donors (Lipinski definition) is 1. The molecule has 106 valence electrons. The van der Waals surface area contributed by atoms with Gasteiger partial charge in [-0.05, 0) is 49.2 Å². The molecule has 1 aliphatic rings. The highest BCUT2D eigenvalue weighted by atomic mass is 79.9. The minimum absolute atomic E-state index is 0.639. The third-order valence-corrected chi connectivity index (χ3v) is 4.19. The lowest BCUT2D eigenvalue weighted by atomic mass is 10.1. The SMILES string of the molecule is CCOc1cc(N2CCCC(NC)CC2)cnc1Br. The second-order valence-corrected chi connectivity index (χ2v) is 5.57. The number of aromatic nitrogens is 1. The van der Waals surface area contributed by atoms with Crippen molar-refractivity contribution in [3.05, 3.63) is 16.9 Å². The van der Waals surface area contributed by atoms with Crippen LogP contribution in [0.25, 0.3) is 0 Å². The van der Waals surface area contributed by atoms with Gasteiger partial charge in [0.2, 0.25) is 0 Å². The van der Waals surface area contributed by atoms with Crippen molar-refractivity contribution in [3.63, 3.8) is 0 Å². The van der Waals surface area contributed by atoms with Gasteiger partial charge in [0.1, 0.15) is 4.60 Å². The summed E-state index contributed by atoms with van der Waals surface area (Å²) in [7, 11) is 2.05. The van der Waals surface area contributed by atoms with Crippen LogP contribution in [0.15, 0.2) is 16.9 Å². The van der Waals surface area contributed by atoms with E-state index in [1.165, 1.54) is 19.3 Å². The van der Waals surface area contributed by atoms with Crippen molar-refractivity contribution in [2.24, 2.45) is 0 Å². The van der Waals surface area contributed by atoms with Crippen LogP contribution in [-0.2, 0) is 0 Å². The lowest BCUT2D eigenvalue weighted by molar-refractivity contribution is 0.336. The summed E-state index contributed by atoms with van der Waals surface area (Å²) in [5.74, 6) is 0.828. The first-order valence-corrected chi connectivity index (χ1v) is 7.74.